The molecule has 0 saturated carbocycles. The van der Waals surface area contributed by atoms with Crippen LogP contribution in [0.15, 0.2) is 18.2 Å². The Morgan fingerprint density at radius 2 is 1.86 bits per heavy atom. The molecule has 1 aromatic carbocycles. The highest BCUT2D eigenvalue weighted by Crippen LogP contribution is 2.21. The quantitative estimate of drug-likeness (QED) is 0.755. The van der Waals surface area contributed by atoms with Crippen LogP contribution in [0.4, 0.5) is 0 Å². The van der Waals surface area contributed by atoms with E-state index in [9.17, 15) is 0 Å². The van der Waals surface area contributed by atoms with E-state index in [1.165, 1.54) is 11.1 Å². The zero-order valence-electron chi connectivity index (χ0n) is 14.4. The summed E-state index contributed by atoms with van der Waals surface area (Å²) in [4.78, 5) is 4.54. The lowest BCUT2D eigenvalue weighted by Crippen LogP contribution is -2.28. The molecule has 0 spiro atoms. The summed E-state index contributed by atoms with van der Waals surface area (Å²) in [6, 6.07) is 6.96. The van der Waals surface area contributed by atoms with Crippen molar-refractivity contribution in [3.05, 3.63) is 29.3 Å². The van der Waals surface area contributed by atoms with Gasteiger partial charge >= 0.3 is 0 Å². The van der Waals surface area contributed by atoms with Crippen molar-refractivity contribution >= 4 is 0 Å². The maximum atomic E-state index is 5.49. The van der Waals surface area contributed by atoms with E-state index in [1.54, 1.807) is 7.11 Å². The van der Waals surface area contributed by atoms with Crippen LogP contribution in [0.3, 0.4) is 0 Å². The van der Waals surface area contributed by atoms with Crippen LogP contribution in [-0.4, -0.2) is 57.2 Å². The van der Waals surface area contributed by atoms with E-state index < -0.39 is 0 Å². The molecular formula is C17H31N3O. The molecule has 120 valence electrons. The summed E-state index contributed by atoms with van der Waals surface area (Å²) in [7, 11) is 8.10. The Labute approximate surface area is 130 Å². The first-order valence-corrected chi connectivity index (χ1v) is 7.64. The first kappa shape index (κ1) is 18.0. The molecule has 1 rings (SSSR count). The van der Waals surface area contributed by atoms with Crippen molar-refractivity contribution in [1.82, 2.24) is 15.1 Å². The molecule has 0 aliphatic heterocycles. The first-order chi connectivity index (χ1) is 9.92. The number of methoxy groups -OCH3 is 1. The summed E-state index contributed by atoms with van der Waals surface area (Å²) >= 11 is 0. The van der Waals surface area contributed by atoms with Crippen LogP contribution in [0.25, 0.3) is 0 Å². The molecule has 0 aromatic heterocycles. The molecule has 0 atom stereocenters. The topological polar surface area (TPSA) is 27.7 Å². The van der Waals surface area contributed by atoms with Gasteiger partial charge in [-0.3, -0.25) is 0 Å². The molecule has 1 N–H and O–H groups in total. The Morgan fingerprint density at radius 1 is 1.14 bits per heavy atom. The number of nitrogens with zero attached hydrogens (tertiary/aromatic N) is 2. The van der Waals surface area contributed by atoms with E-state index in [1.807, 2.05) is 0 Å². The fourth-order valence-electron chi connectivity index (χ4n) is 2.13. The van der Waals surface area contributed by atoms with E-state index in [4.69, 9.17) is 4.74 Å². The predicted octanol–water partition coefficient (Wildman–Crippen LogP) is 2.19. The van der Waals surface area contributed by atoms with Crippen molar-refractivity contribution in [2.75, 3.05) is 41.3 Å². The van der Waals surface area contributed by atoms with Crippen LogP contribution in [0.1, 0.15) is 25.0 Å². The molecule has 4 heteroatoms. The maximum absolute atomic E-state index is 5.49. The number of likely N-dealkylation sites (N-methyl/N-ethyl adjacent to an activating group) is 2. The number of rotatable bonds is 9. The van der Waals surface area contributed by atoms with Gasteiger partial charge in [-0.25, -0.2) is 0 Å². The van der Waals surface area contributed by atoms with Gasteiger partial charge in [-0.15, -0.1) is 0 Å². The molecule has 1 aromatic rings. The molecule has 0 saturated heterocycles. The molecule has 0 amide bonds. The fraction of sp³-hybridized carbons (Fsp3) is 0.647. The zero-order valence-corrected chi connectivity index (χ0v) is 14.4. The van der Waals surface area contributed by atoms with Crippen LogP contribution in [0.2, 0.25) is 0 Å². The standard InChI is InChI=1S/C17H31N3O/c1-14(2)18-12-15-7-8-17(21-6)16(11-15)13-20(5)10-9-19(3)4/h7-8,11,14,18H,9-10,12-13H2,1-6H3. The van der Waals surface area contributed by atoms with Crippen LogP contribution < -0.4 is 10.1 Å². The Morgan fingerprint density at radius 3 is 2.43 bits per heavy atom. The largest absolute Gasteiger partial charge is 0.496 e. The fourth-order valence-corrected chi connectivity index (χ4v) is 2.13. The second-order valence-electron chi connectivity index (χ2n) is 6.22. The van der Waals surface area contributed by atoms with Gasteiger partial charge in [0.05, 0.1) is 7.11 Å². The Kier molecular flexibility index (Phi) is 7.72. The Hall–Kier alpha value is -1.10. The third-order valence-electron chi connectivity index (χ3n) is 3.43. The van der Waals surface area contributed by atoms with Crippen LogP contribution in [0.5, 0.6) is 5.75 Å². The van der Waals surface area contributed by atoms with Gasteiger partial charge in [0.25, 0.3) is 0 Å². The van der Waals surface area contributed by atoms with Gasteiger partial charge in [0, 0.05) is 37.8 Å². The highest BCUT2D eigenvalue weighted by molar-refractivity contribution is 5.37. The lowest BCUT2D eigenvalue weighted by atomic mass is 10.1. The normalized spacial score (nSPS) is 11.7. The van der Waals surface area contributed by atoms with Gasteiger partial charge in [-0.1, -0.05) is 19.9 Å². The Bertz CT molecular complexity index is 418. The first-order valence-electron chi connectivity index (χ1n) is 7.64. The minimum absolute atomic E-state index is 0.498. The van der Waals surface area contributed by atoms with Crippen molar-refractivity contribution in [1.29, 1.82) is 0 Å². The molecule has 0 unspecified atom stereocenters. The Balaban J connectivity index is 2.70. The van der Waals surface area contributed by atoms with Crippen molar-refractivity contribution in [2.45, 2.75) is 33.0 Å². The van der Waals surface area contributed by atoms with Crippen LogP contribution in [-0.2, 0) is 13.1 Å². The second kappa shape index (κ2) is 9.03. The average Bonchev–Trinajstić information content (AvgIpc) is 2.43. The van der Waals surface area contributed by atoms with Crippen molar-refractivity contribution < 1.29 is 4.74 Å². The molecule has 0 heterocycles. The second-order valence-corrected chi connectivity index (χ2v) is 6.22. The maximum Gasteiger partial charge on any atom is 0.123 e. The van der Waals surface area contributed by atoms with Gasteiger partial charge in [0.15, 0.2) is 0 Å². The number of ether oxygens (including phenoxy) is 1. The van der Waals surface area contributed by atoms with E-state index in [2.05, 4.69) is 68.3 Å². The third kappa shape index (κ3) is 6.93. The molecule has 0 radical (unpaired) electrons. The molecule has 0 aliphatic carbocycles. The third-order valence-corrected chi connectivity index (χ3v) is 3.43. The van der Waals surface area contributed by atoms with Crippen LogP contribution in [0, 0.1) is 0 Å². The number of nitrogens with one attached hydrogen (secondary N) is 1. The number of hydrogen-bond acceptors (Lipinski definition) is 4. The zero-order chi connectivity index (χ0) is 15.8. The number of benzene rings is 1. The smallest absolute Gasteiger partial charge is 0.123 e. The predicted molar refractivity (Wildman–Crippen MR) is 89.9 cm³/mol. The minimum atomic E-state index is 0.498. The van der Waals surface area contributed by atoms with E-state index in [-0.39, 0.29) is 0 Å². The minimum Gasteiger partial charge on any atom is -0.496 e. The van der Waals surface area contributed by atoms with E-state index >= 15 is 0 Å². The highest BCUT2D eigenvalue weighted by Gasteiger charge is 2.08. The van der Waals surface area contributed by atoms with Gasteiger partial charge < -0.3 is 19.9 Å². The molecular weight excluding hydrogens is 262 g/mol. The van der Waals surface area contributed by atoms with Crippen molar-refractivity contribution in [3.8, 4) is 5.75 Å². The van der Waals surface area contributed by atoms with E-state index in [0.29, 0.717) is 6.04 Å². The highest BCUT2D eigenvalue weighted by atomic mass is 16.5. The molecule has 0 fully saturated rings. The van der Waals surface area contributed by atoms with Crippen LogP contribution >= 0.6 is 0 Å². The molecule has 4 nitrogen and oxygen atoms in total. The monoisotopic (exact) mass is 293 g/mol. The van der Waals surface area contributed by atoms with Crippen molar-refractivity contribution in [2.24, 2.45) is 0 Å². The summed E-state index contributed by atoms with van der Waals surface area (Å²) in [6.45, 7) is 8.25. The summed E-state index contributed by atoms with van der Waals surface area (Å²) in [6.07, 6.45) is 0. The SMILES string of the molecule is COc1ccc(CNC(C)C)cc1CN(C)CCN(C)C. The molecule has 0 bridgehead atoms. The van der Waals surface area contributed by atoms with E-state index in [0.717, 1.165) is 31.9 Å². The van der Waals surface area contributed by atoms with Gasteiger partial charge in [-0.2, -0.15) is 0 Å². The number of hydrogen-bond donors (Lipinski definition) is 1. The van der Waals surface area contributed by atoms with Crippen molar-refractivity contribution in [3.63, 3.8) is 0 Å². The average molecular weight is 293 g/mol. The molecule has 0 aliphatic rings. The summed E-state index contributed by atoms with van der Waals surface area (Å²) in [5.74, 6) is 0.972. The summed E-state index contributed by atoms with van der Waals surface area (Å²) in [5.41, 5.74) is 2.56. The van der Waals surface area contributed by atoms with Gasteiger partial charge in [-0.05, 0) is 38.8 Å². The lowest BCUT2D eigenvalue weighted by Gasteiger charge is -2.21. The lowest BCUT2D eigenvalue weighted by molar-refractivity contribution is 0.272. The summed E-state index contributed by atoms with van der Waals surface area (Å²) < 4.78 is 5.49. The molecule has 21 heavy (non-hydrogen) atoms. The van der Waals surface area contributed by atoms with Gasteiger partial charge in [0.1, 0.15) is 5.75 Å². The summed E-state index contributed by atoms with van der Waals surface area (Å²) in [5, 5.41) is 3.46. The van der Waals surface area contributed by atoms with Gasteiger partial charge in [0.2, 0.25) is 0 Å².